The number of benzene rings is 2. The average Bonchev–Trinajstić information content (AvgIpc) is 2.75. The molecule has 2 aromatic carbocycles. The molecule has 1 amide bonds. The fourth-order valence-corrected chi connectivity index (χ4v) is 2.83. The van der Waals surface area contributed by atoms with Gasteiger partial charge in [-0.05, 0) is 36.2 Å². The van der Waals surface area contributed by atoms with Crippen molar-refractivity contribution in [2.24, 2.45) is 0 Å². The van der Waals surface area contributed by atoms with Gasteiger partial charge in [0.2, 0.25) is 0 Å². The lowest BCUT2D eigenvalue weighted by molar-refractivity contribution is -0.132. The first kappa shape index (κ1) is 23.7. The van der Waals surface area contributed by atoms with Crippen molar-refractivity contribution < 1.29 is 23.7 Å². The molecule has 1 N–H and O–H groups in total. The molecule has 30 heavy (non-hydrogen) atoms. The minimum absolute atomic E-state index is 0.0370. The van der Waals surface area contributed by atoms with E-state index >= 15 is 0 Å². The SMILES string of the molecule is C#CCOc1ccc(CCNC(=O)C(COc2ccc(Cl)c(Cl)c2)OC)cc1OC. The number of rotatable bonds is 11. The Morgan fingerprint density at radius 1 is 1.10 bits per heavy atom. The van der Waals surface area contributed by atoms with E-state index in [-0.39, 0.29) is 19.1 Å². The molecule has 0 saturated carbocycles. The summed E-state index contributed by atoms with van der Waals surface area (Å²) in [6.07, 6.45) is 5.04. The quantitative estimate of drug-likeness (QED) is 0.526. The van der Waals surface area contributed by atoms with Crippen molar-refractivity contribution >= 4 is 29.1 Å². The van der Waals surface area contributed by atoms with E-state index < -0.39 is 6.10 Å². The molecular formula is C22H23Cl2NO5. The Hall–Kier alpha value is -2.59. The van der Waals surface area contributed by atoms with Gasteiger partial charge in [-0.1, -0.05) is 35.2 Å². The van der Waals surface area contributed by atoms with Gasteiger partial charge in [0.1, 0.15) is 19.0 Å². The van der Waals surface area contributed by atoms with E-state index in [0.29, 0.717) is 40.3 Å². The van der Waals surface area contributed by atoms with Gasteiger partial charge < -0.3 is 24.3 Å². The Morgan fingerprint density at radius 2 is 1.90 bits per heavy atom. The molecule has 0 heterocycles. The topological polar surface area (TPSA) is 66.0 Å². The lowest BCUT2D eigenvalue weighted by atomic mass is 10.1. The van der Waals surface area contributed by atoms with Crippen LogP contribution in [0.15, 0.2) is 36.4 Å². The van der Waals surface area contributed by atoms with Crippen molar-refractivity contribution in [3.63, 3.8) is 0 Å². The van der Waals surface area contributed by atoms with Crippen LogP contribution in [0.3, 0.4) is 0 Å². The number of nitrogens with one attached hydrogen (secondary N) is 1. The first-order valence-corrected chi connectivity index (χ1v) is 9.85. The van der Waals surface area contributed by atoms with Crippen LogP contribution in [0.1, 0.15) is 5.56 Å². The highest BCUT2D eigenvalue weighted by atomic mass is 35.5. The minimum Gasteiger partial charge on any atom is -0.493 e. The predicted octanol–water partition coefficient (Wildman–Crippen LogP) is 3.77. The summed E-state index contributed by atoms with van der Waals surface area (Å²) in [5.41, 5.74) is 0.973. The summed E-state index contributed by atoms with van der Waals surface area (Å²) in [7, 11) is 3.00. The number of methoxy groups -OCH3 is 2. The second-order valence-electron chi connectivity index (χ2n) is 6.13. The van der Waals surface area contributed by atoms with Gasteiger partial charge >= 0.3 is 0 Å². The van der Waals surface area contributed by atoms with E-state index in [2.05, 4.69) is 11.2 Å². The zero-order valence-electron chi connectivity index (χ0n) is 16.7. The van der Waals surface area contributed by atoms with Gasteiger partial charge in [0.05, 0.1) is 17.2 Å². The highest BCUT2D eigenvalue weighted by Gasteiger charge is 2.18. The lowest BCUT2D eigenvalue weighted by Gasteiger charge is -2.16. The molecular weight excluding hydrogens is 429 g/mol. The van der Waals surface area contributed by atoms with Crippen LogP contribution in [0.2, 0.25) is 10.0 Å². The van der Waals surface area contributed by atoms with Gasteiger partial charge in [0, 0.05) is 19.7 Å². The Morgan fingerprint density at radius 3 is 2.57 bits per heavy atom. The van der Waals surface area contributed by atoms with E-state index in [9.17, 15) is 4.79 Å². The monoisotopic (exact) mass is 451 g/mol. The number of carbonyl (C=O) groups is 1. The molecule has 0 spiro atoms. The van der Waals surface area contributed by atoms with Gasteiger partial charge in [-0.25, -0.2) is 0 Å². The number of carbonyl (C=O) groups excluding carboxylic acids is 1. The fraction of sp³-hybridized carbons (Fsp3) is 0.318. The molecule has 2 aromatic rings. The number of amides is 1. The smallest absolute Gasteiger partial charge is 0.252 e. The zero-order chi connectivity index (χ0) is 21.9. The normalized spacial score (nSPS) is 11.3. The van der Waals surface area contributed by atoms with Crippen molar-refractivity contribution in [1.82, 2.24) is 5.32 Å². The minimum atomic E-state index is -0.770. The summed E-state index contributed by atoms with van der Waals surface area (Å²) in [5.74, 6) is 3.78. The molecule has 0 fully saturated rings. The maximum atomic E-state index is 12.4. The number of halogens is 2. The van der Waals surface area contributed by atoms with Crippen LogP contribution in [0, 0.1) is 12.3 Å². The van der Waals surface area contributed by atoms with E-state index in [1.165, 1.54) is 7.11 Å². The molecule has 2 rings (SSSR count). The molecule has 1 atom stereocenters. The number of hydrogen-bond donors (Lipinski definition) is 1. The molecule has 0 bridgehead atoms. The average molecular weight is 452 g/mol. The first-order valence-electron chi connectivity index (χ1n) is 9.10. The number of ether oxygens (including phenoxy) is 4. The third kappa shape index (κ3) is 7.03. The maximum Gasteiger partial charge on any atom is 0.252 e. The summed E-state index contributed by atoms with van der Waals surface area (Å²) in [6, 6.07) is 10.4. The Balaban J connectivity index is 1.84. The van der Waals surface area contributed by atoms with E-state index in [1.54, 1.807) is 31.4 Å². The van der Waals surface area contributed by atoms with Crippen molar-refractivity contribution in [3.05, 3.63) is 52.0 Å². The second kappa shape index (κ2) is 12.2. The second-order valence-corrected chi connectivity index (χ2v) is 6.94. The van der Waals surface area contributed by atoms with Gasteiger partial charge in [-0.2, -0.15) is 0 Å². The molecule has 8 heteroatoms. The van der Waals surface area contributed by atoms with E-state index in [0.717, 1.165) is 5.56 Å². The van der Waals surface area contributed by atoms with Gasteiger partial charge in [-0.3, -0.25) is 4.79 Å². The predicted molar refractivity (Wildman–Crippen MR) is 117 cm³/mol. The molecule has 0 saturated heterocycles. The van der Waals surface area contributed by atoms with E-state index in [1.807, 2.05) is 12.1 Å². The van der Waals surface area contributed by atoms with Crippen LogP contribution in [0.4, 0.5) is 0 Å². The lowest BCUT2D eigenvalue weighted by Crippen LogP contribution is -2.40. The van der Waals surface area contributed by atoms with Gasteiger partial charge in [0.15, 0.2) is 17.6 Å². The van der Waals surface area contributed by atoms with Crippen LogP contribution in [0.25, 0.3) is 0 Å². The van der Waals surface area contributed by atoms with Crippen molar-refractivity contribution in [2.45, 2.75) is 12.5 Å². The molecule has 0 aliphatic rings. The molecule has 6 nitrogen and oxygen atoms in total. The first-order chi connectivity index (χ1) is 14.5. The largest absolute Gasteiger partial charge is 0.493 e. The summed E-state index contributed by atoms with van der Waals surface area (Å²) in [5, 5.41) is 3.64. The van der Waals surface area contributed by atoms with Crippen LogP contribution in [-0.4, -0.2) is 46.0 Å². The van der Waals surface area contributed by atoms with E-state index in [4.69, 9.17) is 48.6 Å². The highest BCUT2D eigenvalue weighted by molar-refractivity contribution is 6.42. The molecule has 160 valence electrons. The summed E-state index contributed by atoms with van der Waals surface area (Å²) >= 11 is 11.8. The van der Waals surface area contributed by atoms with Gasteiger partial charge in [-0.15, -0.1) is 6.42 Å². The van der Waals surface area contributed by atoms with Crippen molar-refractivity contribution in [2.75, 3.05) is 34.0 Å². The van der Waals surface area contributed by atoms with Crippen LogP contribution in [0.5, 0.6) is 17.2 Å². The fourth-order valence-electron chi connectivity index (χ4n) is 2.54. The Labute approximate surface area is 186 Å². The van der Waals surface area contributed by atoms with Crippen molar-refractivity contribution in [3.8, 4) is 29.6 Å². The Bertz CT molecular complexity index is 898. The third-order valence-corrected chi connectivity index (χ3v) is 4.86. The van der Waals surface area contributed by atoms with Crippen molar-refractivity contribution in [1.29, 1.82) is 0 Å². The highest BCUT2D eigenvalue weighted by Crippen LogP contribution is 2.28. The molecule has 0 aliphatic carbocycles. The molecule has 0 aromatic heterocycles. The summed E-state index contributed by atoms with van der Waals surface area (Å²) < 4.78 is 21.6. The molecule has 1 unspecified atom stereocenters. The van der Waals surface area contributed by atoms with Crippen LogP contribution in [-0.2, 0) is 16.0 Å². The van der Waals surface area contributed by atoms with Gasteiger partial charge in [0.25, 0.3) is 5.91 Å². The zero-order valence-corrected chi connectivity index (χ0v) is 18.3. The Kier molecular flexibility index (Phi) is 9.62. The molecule has 0 aliphatic heterocycles. The molecule has 0 radical (unpaired) electrons. The number of hydrogen-bond acceptors (Lipinski definition) is 5. The third-order valence-electron chi connectivity index (χ3n) is 4.12. The van der Waals surface area contributed by atoms with Crippen LogP contribution < -0.4 is 19.5 Å². The summed E-state index contributed by atoms with van der Waals surface area (Å²) in [6.45, 7) is 0.614. The summed E-state index contributed by atoms with van der Waals surface area (Å²) in [4.78, 5) is 12.4. The standard InChI is InChI=1S/C22H23Cl2NO5/c1-4-11-29-19-8-5-15(12-20(19)27-2)9-10-25-22(26)21(28-3)14-30-16-6-7-17(23)18(24)13-16/h1,5-8,12-13,21H,9-11,14H2,2-3H3,(H,25,26). The van der Waals surface area contributed by atoms with Crippen LogP contribution >= 0.6 is 23.2 Å². The number of terminal acetylenes is 1. The maximum absolute atomic E-state index is 12.4.